The molecule has 0 saturated heterocycles. The van der Waals surface area contributed by atoms with E-state index in [1.54, 1.807) is 6.08 Å². The lowest BCUT2D eigenvalue weighted by Crippen LogP contribution is -2.01. The van der Waals surface area contributed by atoms with Gasteiger partial charge in [-0.25, -0.2) is 0 Å². The summed E-state index contributed by atoms with van der Waals surface area (Å²) in [7, 11) is 0. The number of aliphatic hydroxyl groups is 1. The van der Waals surface area contributed by atoms with Gasteiger partial charge in [0.2, 0.25) is 0 Å². The molecular weight excluding hydrogens is 226 g/mol. The Labute approximate surface area is 105 Å². The Balaban J connectivity index is 2.14. The molecule has 1 aliphatic carbocycles. The summed E-state index contributed by atoms with van der Waals surface area (Å²) in [5.41, 5.74) is 2.21. The molecule has 0 spiro atoms. The second-order valence-corrected chi connectivity index (χ2v) is 4.33. The minimum absolute atomic E-state index is 0.177. The van der Waals surface area contributed by atoms with Crippen LogP contribution in [0.5, 0.6) is 0 Å². The standard InChI is InChI=1S/C14H13N3O/c1-10-6-8-13(14(18)9-7-10)17-15-11-4-2-3-5-12(11)16-17/h2-10,18H,1H3. The van der Waals surface area contributed by atoms with Gasteiger partial charge in [0.25, 0.3) is 0 Å². The average Bonchev–Trinajstić information content (AvgIpc) is 2.72. The van der Waals surface area contributed by atoms with Gasteiger partial charge in [0.05, 0.1) is 0 Å². The number of benzene rings is 1. The second kappa shape index (κ2) is 4.14. The fourth-order valence-electron chi connectivity index (χ4n) is 1.86. The molecule has 0 fully saturated rings. The molecule has 4 nitrogen and oxygen atoms in total. The van der Waals surface area contributed by atoms with Crippen molar-refractivity contribution in [2.45, 2.75) is 6.92 Å². The SMILES string of the molecule is CC1C=CC(O)=C(n2nc3ccccc3n2)C=C1. The van der Waals surface area contributed by atoms with Crippen molar-refractivity contribution in [2.75, 3.05) is 0 Å². The summed E-state index contributed by atoms with van der Waals surface area (Å²) in [6.07, 6.45) is 7.47. The van der Waals surface area contributed by atoms with Crippen LogP contribution in [0.3, 0.4) is 0 Å². The number of aliphatic hydroxyl groups excluding tert-OH is 1. The molecule has 18 heavy (non-hydrogen) atoms. The molecule has 1 atom stereocenters. The van der Waals surface area contributed by atoms with Crippen LogP contribution in [0.2, 0.25) is 0 Å². The maximum Gasteiger partial charge on any atom is 0.142 e. The van der Waals surface area contributed by atoms with E-state index in [0.29, 0.717) is 5.70 Å². The number of rotatable bonds is 1. The molecule has 1 aromatic heterocycles. The fourth-order valence-corrected chi connectivity index (χ4v) is 1.86. The van der Waals surface area contributed by atoms with Gasteiger partial charge in [-0.2, -0.15) is 0 Å². The average molecular weight is 239 g/mol. The lowest BCUT2D eigenvalue weighted by Gasteiger charge is -2.00. The molecule has 90 valence electrons. The Morgan fingerprint density at radius 2 is 1.67 bits per heavy atom. The topological polar surface area (TPSA) is 50.9 Å². The number of nitrogens with zero attached hydrogens (tertiary/aromatic N) is 3. The van der Waals surface area contributed by atoms with E-state index >= 15 is 0 Å². The normalized spacial score (nSPS) is 19.5. The molecule has 0 saturated carbocycles. The van der Waals surface area contributed by atoms with E-state index in [1.165, 1.54) is 4.80 Å². The van der Waals surface area contributed by atoms with Gasteiger partial charge in [-0.15, -0.1) is 15.0 Å². The predicted molar refractivity (Wildman–Crippen MR) is 70.8 cm³/mol. The Bertz CT molecular complexity index is 646. The van der Waals surface area contributed by atoms with E-state index in [4.69, 9.17) is 0 Å². The van der Waals surface area contributed by atoms with Gasteiger partial charge in [0, 0.05) is 0 Å². The molecule has 0 bridgehead atoms. The van der Waals surface area contributed by atoms with Crippen molar-refractivity contribution < 1.29 is 5.11 Å². The Morgan fingerprint density at radius 1 is 1.06 bits per heavy atom. The van der Waals surface area contributed by atoms with Gasteiger partial charge in [0.15, 0.2) is 0 Å². The Hall–Kier alpha value is -2.36. The zero-order valence-electron chi connectivity index (χ0n) is 9.99. The van der Waals surface area contributed by atoms with Crippen molar-refractivity contribution >= 4 is 16.7 Å². The molecule has 4 heteroatoms. The lowest BCUT2D eigenvalue weighted by molar-refractivity contribution is 0.430. The van der Waals surface area contributed by atoms with Crippen LogP contribution in [-0.2, 0) is 0 Å². The van der Waals surface area contributed by atoms with Crippen LogP contribution in [0.25, 0.3) is 16.7 Å². The molecular formula is C14H13N3O. The van der Waals surface area contributed by atoms with Crippen molar-refractivity contribution in [3.63, 3.8) is 0 Å². The first kappa shape index (κ1) is 10.8. The largest absolute Gasteiger partial charge is 0.506 e. The quantitative estimate of drug-likeness (QED) is 0.832. The molecule has 0 radical (unpaired) electrons. The number of hydrogen-bond acceptors (Lipinski definition) is 3. The molecule has 1 aromatic carbocycles. The molecule has 1 heterocycles. The van der Waals surface area contributed by atoms with Crippen molar-refractivity contribution in [3.8, 4) is 0 Å². The number of fused-ring (bicyclic) bond motifs is 1. The first-order chi connectivity index (χ1) is 8.74. The van der Waals surface area contributed by atoms with Crippen LogP contribution < -0.4 is 0 Å². The number of hydrogen-bond donors (Lipinski definition) is 1. The smallest absolute Gasteiger partial charge is 0.142 e. The Kier molecular flexibility index (Phi) is 2.48. The van der Waals surface area contributed by atoms with Gasteiger partial charge in [-0.1, -0.05) is 31.2 Å². The van der Waals surface area contributed by atoms with Crippen LogP contribution in [0, 0.1) is 5.92 Å². The van der Waals surface area contributed by atoms with E-state index in [9.17, 15) is 5.11 Å². The van der Waals surface area contributed by atoms with Crippen molar-refractivity contribution in [3.05, 3.63) is 54.3 Å². The predicted octanol–water partition coefficient (Wildman–Crippen LogP) is 2.92. The van der Waals surface area contributed by atoms with Crippen LogP contribution >= 0.6 is 0 Å². The minimum Gasteiger partial charge on any atom is -0.506 e. The second-order valence-electron chi connectivity index (χ2n) is 4.33. The fraction of sp³-hybridized carbons (Fsp3) is 0.143. The first-order valence-electron chi connectivity index (χ1n) is 5.86. The summed E-state index contributed by atoms with van der Waals surface area (Å²) in [6.45, 7) is 2.05. The Morgan fingerprint density at radius 3 is 2.33 bits per heavy atom. The maximum absolute atomic E-state index is 9.99. The molecule has 1 aliphatic rings. The van der Waals surface area contributed by atoms with Crippen LogP contribution in [0.1, 0.15) is 6.92 Å². The van der Waals surface area contributed by atoms with Gasteiger partial charge >= 0.3 is 0 Å². The zero-order chi connectivity index (χ0) is 12.5. The van der Waals surface area contributed by atoms with Crippen LogP contribution in [0.15, 0.2) is 54.3 Å². The number of allylic oxidation sites excluding steroid dienone is 5. The van der Waals surface area contributed by atoms with Crippen LogP contribution in [-0.4, -0.2) is 20.1 Å². The third-order valence-electron chi connectivity index (χ3n) is 2.88. The summed E-state index contributed by atoms with van der Waals surface area (Å²) in [5, 5.41) is 18.7. The van der Waals surface area contributed by atoms with Gasteiger partial charge in [0.1, 0.15) is 22.5 Å². The van der Waals surface area contributed by atoms with Gasteiger partial charge in [-0.3, -0.25) is 0 Å². The summed E-state index contributed by atoms with van der Waals surface area (Å²) in [5.74, 6) is 0.463. The molecule has 2 aromatic rings. The van der Waals surface area contributed by atoms with E-state index in [2.05, 4.69) is 17.1 Å². The number of aromatic nitrogens is 3. The lowest BCUT2D eigenvalue weighted by atomic mass is 10.2. The van der Waals surface area contributed by atoms with E-state index in [-0.39, 0.29) is 11.7 Å². The first-order valence-corrected chi connectivity index (χ1v) is 5.86. The maximum atomic E-state index is 9.99. The minimum atomic E-state index is 0.177. The highest BCUT2D eigenvalue weighted by molar-refractivity contribution is 5.75. The van der Waals surface area contributed by atoms with Crippen molar-refractivity contribution in [2.24, 2.45) is 5.92 Å². The van der Waals surface area contributed by atoms with Crippen LogP contribution in [0.4, 0.5) is 0 Å². The highest BCUT2D eigenvalue weighted by Crippen LogP contribution is 2.18. The highest BCUT2D eigenvalue weighted by atomic mass is 16.3. The molecule has 0 aliphatic heterocycles. The highest BCUT2D eigenvalue weighted by Gasteiger charge is 2.10. The van der Waals surface area contributed by atoms with E-state index in [1.807, 2.05) is 42.5 Å². The molecule has 1 unspecified atom stereocenters. The third-order valence-corrected chi connectivity index (χ3v) is 2.88. The molecule has 0 amide bonds. The van der Waals surface area contributed by atoms with E-state index in [0.717, 1.165) is 11.0 Å². The van der Waals surface area contributed by atoms with E-state index < -0.39 is 0 Å². The van der Waals surface area contributed by atoms with Gasteiger partial charge in [-0.05, 0) is 30.2 Å². The molecule has 1 N–H and O–H groups in total. The van der Waals surface area contributed by atoms with Crippen molar-refractivity contribution in [1.29, 1.82) is 0 Å². The monoisotopic (exact) mass is 239 g/mol. The third kappa shape index (κ3) is 1.82. The summed E-state index contributed by atoms with van der Waals surface area (Å²) < 4.78 is 0. The molecule has 3 rings (SSSR count). The van der Waals surface area contributed by atoms with Gasteiger partial charge < -0.3 is 5.11 Å². The zero-order valence-corrected chi connectivity index (χ0v) is 9.99. The summed E-state index contributed by atoms with van der Waals surface area (Å²) in [4.78, 5) is 1.47. The summed E-state index contributed by atoms with van der Waals surface area (Å²) in [6, 6.07) is 7.63. The van der Waals surface area contributed by atoms with Crippen molar-refractivity contribution in [1.82, 2.24) is 15.0 Å². The summed E-state index contributed by atoms with van der Waals surface area (Å²) >= 11 is 0.